The summed E-state index contributed by atoms with van der Waals surface area (Å²) >= 11 is 12.3. The highest BCUT2D eigenvalue weighted by atomic mass is 35.5. The smallest absolute Gasteiger partial charge is 0.0924 e. The molecule has 1 atom stereocenters. The van der Waals surface area contributed by atoms with E-state index in [2.05, 4.69) is 18.7 Å². The van der Waals surface area contributed by atoms with Crippen LogP contribution in [-0.4, -0.2) is 34.6 Å². The lowest BCUT2D eigenvalue weighted by atomic mass is 9.99. The summed E-state index contributed by atoms with van der Waals surface area (Å²) in [5.74, 6) is 0. The Labute approximate surface area is 189 Å². The van der Waals surface area contributed by atoms with Crippen molar-refractivity contribution in [3.63, 3.8) is 0 Å². The molecular weight excluding hydrogens is 415 g/mol. The van der Waals surface area contributed by atoms with Crippen LogP contribution in [0.15, 0.2) is 48.5 Å². The van der Waals surface area contributed by atoms with Gasteiger partial charge in [-0.15, -0.1) is 0 Å². The van der Waals surface area contributed by atoms with Crippen LogP contribution < -0.4 is 0 Å². The van der Waals surface area contributed by atoms with Crippen LogP contribution in [-0.2, 0) is 0 Å². The number of halogens is 2. The summed E-state index contributed by atoms with van der Waals surface area (Å²) in [4.78, 5) is 7.19. The van der Waals surface area contributed by atoms with Crippen molar-refractivity contribution in [2.45, 2.75) is 45.6 Å². The first-order valence-electron chi connectivity index (χ1n) is 10.8. The number of aliphatic hydroxyl groups excluding tert-OH is 1. The number of pyridine rings is 1. The standard InChI is InChI=1S/C25H30Cl2N2O/c1-3-5-13-29(14-6-4-2)17-25(30)20-16-24(18-11-12-21(26)22(27)15-18)28-23-10-8-7-9-19(20)23/h7-12,15-16,25,30H,3-6,13-14,17H2,1-2H3. The number of rotatable bonds is 10. The third kappa shape index (κ3) is 5.73. The molecule has 1 heterocycles. The van der Waals surface area contributed by atoms with Gasteiger partial charge in [-0.3, -0.25) is 0 Å². The van der Waals surface area contributed by atoms with E-state index in [0.717, 1.165) is 66.5 Å². The number of unbranched alkanes of at least 4 members (excludes halogenated alkanes) is 2. The van der Waals surface area contributed by atoms with Crippen LogP contribution in [0.25, 0.3) is 22.2 Å². The molecule has 0 aliphatic rings. The molecule has 5 heteroatoms. The van der Waals surface area contributed by atoms with Gasteiger partial charge in [0.25, 0.3) is 0 Å². The summed E-state index contributed by atoms with van der Waals surface area (Å²) in [5, 5.41) is 13.2. The topological polar surface area (TPSA) is 36.4 Å². The first-order chi connectivity index (χ1) is 14.5. The first kappa shape index (κ1) is 23.0. The quantitative estimate of drug-likeness (QED) is 0.360. The zero-order valence-electron chi connectivity index (χ0n) is 17.7. The van der Waals surface area contributed by atoms with Crippen LogP contribution in [0.4, 0.5) is 0 Å². The lowest BCUT2D eigenvalue weighted by molar-refractivity contribution is 0.112. The minimum absolute atomic E-state index is 0.497. The van der Waals surface area contributed by atoms with Crippen molar-refractivity contribution in [3.8, 4) is 11.3 Å². The van der Waals surface area contributed by atoms with Gasteiger partial charge in [0.2, 0.25) is 0 Å². The largest absolute Gasteiger partial charge is 0.387 e. The third-order valence-electron chi connectivity index (χ3n) is 5.41. The molecule has 1 aromatic heterocycles. The van der Waals surface area contributed by atoms with Gasteiger partial charge in [-0.1, -0.05) is 74.2 Å². The fraction of sp³-hybridized carbons (Fsp3) is 0.400. The molecular formula is C25H30Cl2N2O. The second kappa shape index (κ2) is 11.1. The van der Waals surface area contributed by atoms with Crippen LogP contribution in [0.2, 0.25) is 10.0 Å². The minimum Gasteiger partial charge on any atom is -0.387 e. The molecule has 0 saturated carbocycles. The number of hydrogen-bond donors (Lipinski definition) is 1. The number of aliphatic hydroxyl groups is 1. The average Bonchev–Trinajstić information content (AvgIpc) is 2.76. The molecule has 0 bridgehead atoms. The molecule has 3 aromatic rings. The SMILES string of the molecule is CCCCN(CCCC)CC(O)c1cc(-c2ccc(Cl)c(Cl)c2)nc2ccccc12. The fourth-order valence-corrected chi connectivity index (χ4v) is 3.98. The maximum absolute atomic E-state index is 11.2. The van der Waals surface area contributed by atoms with Crippen molar-refractivity contribution in [2.75, 3.05) is 19.6 Å². The first-order valence-corrected chi connectivity index (χ1v) is 11.5. The van der Waals surface area contributed by atoms with E-state index in [9.17, 15) is 5.11 Å². The summed E-state index contributed by atoms with van der Waals surface area (Å²) in [6.45, 7) is 7.05. The summed E-state index contributed by atoms with van der Waals surface area (Å²) in [7, 11) is 0. The molecule has 0 radical (unpaired) electrons. The molecule has 160 valence electrons. The molecule has 1 N–H and O–H groups in total. The molecule has 3 rings (SSSR count). The zero-order valence-corrected chi connectivity index (χ0v) is 19.3. The monoisotopic (exact) mass is 444 g/mol. The Morgan fingerprint density at radius 1 is 0.933 bits per heavy atom. The van der Waals surface area contributed by atoms with Gasteiger partial charge in [0.05, 0.1) is 27.4 Å². The number of benzene rings is 2. The van der Waals surface area contributed by atoms with Crippen molar-refractivity contribution in [1.82, 2.24) is 9.88 Å². The van der Waals surface area contributed by atoms with Gasteiger partial charge in [-0.2, -0.15) is 0 Å². The van der Waals surface area contributed by atoms with E-state index >= 15 is 0 Å². The Kier molecular flexibility index (Phi) is 8.52. The molecule has 0 aliphatic heterocycles. The highest BCUT2D eigenvalue weighted by Gasteiger charge is 2.18. The number of nitrogens with zero attached hydrogens (tertiary/aromatic N) is 2. The second-order valence-corrected chi connectivity index (χ2v) is 8.58. The van der Waals surface area contributed by atoms with Crippen LogP contribution >= 0.6 is 23.2 Å². The van der Waals surface area contributed by atoms with E-state index in [4.69, 9.17) is 28.2 Å². The molecule has 3 nitrogen and oxygen atoms in total. The van der Waals surface area contributed by atoms with Gasteiger partial charge in [0, 0.05) is 17.5 Å². The number of aromatic nitrogens is 1. The van der Waals surface area contributed by atoms with Crippen molar-refractivity contribution in [2.24, 2.45) is 0 Å². The molecule has 0 saturated heterocycles. The Morgan fingerprint density at radius 2 is 1.63 bits per heavy atom. The number of fused-ring (bicyclic) bond motifs is 1. The average molecular weight is 445 g/mol. The molecule has 2 aromatic carbocycles. The number of para-hydroxylation sites is 1. The maximum Gasteiger partial charge on any atom is 0.0924 e. The minimum atomic E-state index is -0.590. The van der Waals surface area contributed by atoms with E-state index < -0.39 is 6.10 Å². The van der Waals surface area contributed by atoms with Crippen LogP contribution in [0.3, 0.4) is 0 Å². The Morgan fingerprint density at radius 3 is 2.30 bits per heavy atom. The molecule has 0 amide bonds. The van der Waals surface area contributed by atoms with E-state index in [1.54, 1.807) is 6.07 Å². The normalized spacial score (nSPS) is 12.6. The lowest BCUT2D eigenvalue weighted by Crippen LogP contribution is -2.31. The summed E-state index contributed by atoms with van der Waals surface area (Å²) in [5.41, 5.74) is 3.44. The Hall–Kier alpha value is -1.65. The zero-order chi connectivity index (χ0) is 21.5. The Bertz CT molecular complexity index is 969. The maximum atomic E-state index is 11.2. The third-order valence-corrected chi connectivity index (χ3v) is 6.15. The predicted molar refractivity (Wildman–Crippen MR) is 128 cm³/mol. The lowest BCUT2D eigenvalue weighted by Gasteiger charge is -2.26. The predicted octanol–water partition coefficient (Wildman–Crippen LogP) is 7.14. The van der Waals surface area contributed by atoms with E-state index in [1.165, 1.54) is 0 Å². The van der Waals surface area contributed by atoms with Gasteiger partial charge in [0.1, 0.15) is 0 Å². The molecule has 30 heavy (non-hydrogen) atoms. The molecule has 0 spiro atoms. The highest BCUT2D eigenvalue weighted by molar-refractivity contribution is 6.42. The summed E-state index contributed by atoms with van der Waals surface area (Å²) < 4.78 is 0. The van der Waals surface area contributed by atoms with Crippen molar-refractivity contribution in [1.29, 1.82) is 0 Å². The van der Waals surface area contributed by atoms with E-state index in [-0.39, 0.29) is 0 Å². The highest BCUT2D eigenvalue weighted by Crippen LogP contribution is 2.32. The van der Waals surface area contributed by atoms with Crippen LogP contribution in [0.1, 0.15) is 51.2 Å². The molecule has 0 aliphatic carbocycles. The second-order valence-electron chi connectivity index (χ2n) is 7.77. The van der Waals surface area contributed by atoms with E-state index in [1.807, 2.05) is 42.5 Å². The van der Waals surface area contributed by atoms with Crippen LogP contribution in [0.5, 0.6) is 0 Å². The summed E-state index contributed by atoms with van der Waals surface area (Å²) in [6, 6.07) is 15.5. The number of hydrogen-bond acceptors (Lipinski definition) is 3. The van der Waals surface area contributed by atoms with Gasteiger partial charge in [0.15, 0.2) is 0 Å². The van der Waals surface area contributed by atoms with E-state index in [0.29, 0.717) is 16.6 Å². The van der Waals surface area contributed by atoms with Gasteiger partial charge >= 0.3 is 0 Å². The van der Waals surface area contributed by atoms with Crippen molar-refractivity contribution < 1.29 is 5.11 Å². The van der Waals surface area contributed by atoms with Crippen molar-refractivity contribution in [3.05, 3.63) is 64.1 Å². The fourth-order valence-electron chi connectivity index (χ4n) is 3.68. The summed E-state index contributed by atoms with van der Waals surface area (Å²) in [6.07, 6.45) is 3.99. The Balaban J connectivity index is 1.97. The van der Waals surface area contributed by atoms with Crippen LogP contribution in [0, 0.1) is 0 Å². The van der Waals surface area contributed by atoms with Gasteiger partial charge in [-0.05, 0) is 55.8 Å². The van der Waals surface area contributed by atoms with Gasteiger partial charge in [-0.25, -0.2) is 4.98 Å². The van der Waals surface area contributed by atoms with Crippen molar-refractivity contribution >= 4 is 34.1 Å². The molecule has 1 unspecified atom stereocenters. The molecule has 0 fully saturated rings. The van der Waals surface area contributed by atoms with Gasteiger partial charge < -0.3 is 10.0 Å².